The molecule has 2 aromatic carbocycles. The lowest BCUT2D eigenvalue weighted by Gasteiger charge is -2.07. The fraction of sp³-hybridized carbons (Fsp3) is 0.125. The first-order chi connectivity index (χ1) is 10.4. The maximum absolute atomic E-state index is 12.2. The molecule has 0 bridgehead atoms. The van der Waals surface area contributed by atoms with Gasteiger partial charge in [0.2, 0.25) is 0 Å². The molecule has 0 radical (unpaired) electrons. The average Bonchev–Trinajstić information content (AvgIpc) is 3.08. The van der Waals surface area contributed by atoms with Crippen molar-refractivity contribution < 1.29 is 13.8 Å². The Morgan fingerprint density at radius 2 is 1.76 bits per heavy atom. The van der Waals surface area contributed by atoms with E-state index in [2.05, 4.69) is 14.9 Å². The topological polar surface area (TPSA) is 48.2 Å². The van der Waals surface area contributed by atoms with Crippen molar-refractivity contribution in [3.63, 3.8) is 0 Å². The minimum absolute atomic E-state index is 0.0636. The zero-order valence-corrected chi connectivity index (χ0v) is 11.2. The highest BCUT2D eigenvalue weighted by Crippen LogP contribution is 2.27. The Kier molecular flexibility index (Phi) is 3.91. The molecule has 0 spiro atoms. The lowest BCUT2D eigenvalue weighted by Crippen LogP contribution is -1.98. The van der Waals surface area contributed by atoms with E-state index in [-0.39, 0.29) is 6.61 Å². The third-order valence-electron chi connectivity index (χ3n) is 3.03. The van der Waals surface area contributed by atoms with Gasteiger partial charge in [0.05, 0.1) is 6.20 Å². The monoisotopic (exact) mass is 284 g/mol. The minimum atomic E-state index is -0.501. The van der Waals surface area contributed by atoms with Crippen molar-refractivity contribution in [3.8, 4) is 28.1 Å². The van der Waals surface area contributed by atoms with Gasteiger partial charge in [-0.2, -0.15) is 0 Å². The summed E-state index contributed by atoms with van der Waals surface area (Å²) in [6.07, 6.45) is 1.57. The van der Waals surface area contributed by atoms with Gasteiger partial charge in [0.1, 0.15) is 24.7 Å². The Morgan fingerprint density at radius 3 is 2.52 bits per heavy atom. The summed E-state index contributed by atoms with van der Waals surface area (Å²) in [6.45, 7) is -0.438. The Labute approximate surface area is 121 Å². The summed E-state index contributed by atoms with van der Waals surface area (Å²) in [4.78, 5) is 0. The van der Waals surface area contributed by atoms with Gasteiger partial charge in [-0.15, -0.1) is 0 Å². The van der Waals surface area contributed by atoms with Crippen LogP contribution in [0, 0.1) is 0 Å². The first-order valence-electron chi connectivity index (χ1n) is 6.54. The molecule has 3 rings (SSSR count). The molecule has 0 aliphatic rings. The number of nitrogens with zero attached hydrogens (tertiary/aromatic N) is 2. The molecule has 0 unspecified atom stereocenters. The number of hydrogen-bond donors (Lipinski definition) is 0. The maximum Gasteiger partial charge on any atom is 0.135 e. The Hall–Kier alpha value is -2.69. The summed E-state index contributed by atoms with van der Waals surface area (Å²) < 4.78 is 22.1. The van der Waals surface area contributed by atoms with E-state index in [1.807, 2.05) is 48.5 Å². The summed E-state index contributed by atoms with van der Waals surface area (Å²) in [5, 5.41) is 7.43. The second kappa shape index (κ2) is 6.17. The lowest BCUT2D eigenvalue weighted by molar-refractivity contribution is 0.273. The van der Waals surface area contributed by atoms with E-state index in [1.165, 1.54) is 0 Å². The normalized spacial score (nSPS) is 10.5. The van der Waals surface area contributed by atoms with Crippen LogP contribution in [-0.4, -0.2) is 23.6 Å². The number of hydrogen-bond acceptors (Lipinski definition) is 4. The molecule has 106 valence electrons. The van der Waals surface area contributed by atoms with Crippen LogP contribution in [0.25, 0.3) is 22.4 Å². The first kappa shape index (κ1) is 13.3. The third-order valence-corrected chi connectivity index (χ3v) is 3.03. The van der Waals surface area contributed by atoms with Crippen LogP contribution < -0.4 is 4.74 Å². The molecule has 0 N–H and O–H groups in total. The van der Waals surface area contributed by atoms with E-state index in [0.29, 0.717) is 11.4 Å². The molecule has 0 amide bonds. The summed E-state index contributed by atoms with van der Waals surface area (Å²) in [6, 6.07) is 15.4. The zero-order chi connectivity index (χ0) is 14.5. The van der Waals surface area contributed by atoms with Gasteiger partial charge in [-0.3, -0.25) is 0 Å². The van der Waals surface area contributed by atoms with Crippen LogP contribution in [0.4, 0.5) is 4.39 Å². The molecule has 4 nitrogen and oxygen atoms in total. The first-order valence-corrected chi connectivity index (χ1v) is 6.54. The lowest BCUT2D eigenvalue weighted by atomic mass is 10.0. The number of alkyl halides is 1. The number of halogens is 1. The molecule has 1 aromatic heterocycles. The van der Waals surface area contributed by atoms with Gasteiger partial charge in [-0.25, -0.2) is 9.02 Å². The van der Waals surface area contributed by atoms with Crippen LogP contribution in [0.1, 0.15) is 0 Å². The minimum Gasteiger partial charge on any atom is -0.491 e. The number of rotatable bonds is 5. The molecule has 0 saturated heterocycles. The van der Waals surface area contributed by atoms with Crippen molar-refractivity contribution in [2.75, 3.05) is 13.3 Å². The van der Waals surface area contributed by atoms with Gasteiger partial charge in [-0.1, -0.05) is 35.5 Å². The standard InChI is InChI=1S/C16H13FN2O2/c17-7-8-20-15-6-2-4-13(10-15)12-3-1-5-14(9-12)16-11-18-21-19-16/h1-6,9-11H,7-8H2. The largest absolute Gasteiger partial charge is 0.491 e. The van der Waals surface area contributed by atoms with Crippen molar-refractivity contribution in [1.82, 2.24) is 10.3 Å². The van der Waals surface area contributed by atoms with E-state index in [1.54, 1.807) is 6.20 Å². The van der Waals surface area contributed by atoms with Gasteiger partial charge in [-0.05, 0) is 34.5 Å². The summed E-state index contributed by atoms with van der Waals surface area (Å²) in [5.74, 6) is 0.652. The van der Waals surface area contributed by atoms with Gasteiger partial charge in [0.15, 0.2) is 0 Å². The second-order valence-corrected chi connectivity index (χ2v) is 4.44. The van der Waals surface area contributed by atoms with E-state index in [4.69, 9.17) is 4.74 Å². The highest BCUT2D eigenvalue weighted by molar-refractivity contribution is 5.71. The predicted octanol–water partition coefficient (Wildman–Crippen LogP) is 3.75. The quantitative estimate of drug-likeness (QED) is 0.716. The van der Waals surface area contributed by atoms with Crippen LogP contribution in [-0.2, 0) is 0 Å². The van der Waals surface area contributed by atoms with Crippen LogP contribution in [0.2, 0.25) is 0 Å². The Balaban J connectivity index is 1.91. The molecule has 3 aromatic rings. The highest BCUT2D eigenvalue weighted by atomic mass is 19.1. The average molecular weight is 284 g/mol. The van der Waals surface area contributed by atoms with Crippen LogP contribution in [0.15, 0.2) is 59.4 Å². The fourth-order valence-electron chi connectivity index (χ4n) is 2.07. The summed E-state index contributed by atoms with van der Waals surface area (Å²) in [7, 11) is 0. The van der Waals surface area contributed by atoms with E-state index >= 15 is 0 Å². The van der Waals surface area contributed by atoms with Gasteiger partial charge >= 0.3 is 0 Å². The smallest absolute Gasteiger partial charge is 0.135 e. The number of benzene rings is 2. The van der Waals surface area contributed by atoms with E-state index < -0.39 is 6.67 Å². The molecule has 1 heterocycles. The fourth-order valence-corrected chi connectivity index (χ4v) is 2.07. The molecule has 0 aliphatic carbocycles. The van der Waals surface area contributed by atoms with E-state index in [9.17, 15) is 4.39 Å². The number of aromatic nitrogens is 2. The van der Waals surface area contributed by atoms with Gasteiger partial charge in [0.25, 0.3) is 0 Å². The van der Waals surface area contributed by atoms with Crippen molar-refractivity contribution in [1.29, 1.82) is 0 Å². The highest BCUT2D eigenvalue weighted by Gasteiger charge is 2.05. The van der Waals surface area contributed by atoms with Crippen LogP contribution >= 0.6 is 0 Å². The van der Waals surface area contributed by atoms with Crippen molar-refractivity contribution in [3.05, 3.63) is 54.7 Å². The maximum atomic E-state index is 12.2. The summed E-state index contributed by atoms with van der Waals surface area (Å²) >= 11 is 0. The number of ether oxygens (including phenoxy) is 1. The SMILES string of the molecule is FCCOc1cccc(-c2cccc(-c3cnon3)c2)c1. The predicted molar refractivity (Wildman–Crippen MR) is 76.6 cm³/mol. The molecule has 0 atom stereocenters. The molecular formula is C16H13FN2O2. The molecular weight excluding hydrogens is 271 g/mol. The summed E-state index contributed by atoms with van der Waals surface area (Å²) in [5.41, 5.74) is 3.61. The molecule has 21 heavy (non-hydrogen) atoms. The third kappa shape index (κ3) is 3.08. The van der Waals surface area contributed by atoms with Crippen molar-refractivity contribution >= 4 is 0 Å². The van der Waals surface area contributed by atoms with Gasteiger partial charge in [0, 0.05) is 5.56 Å². The van der Waals surface area contributed by atoms with E-state index in [0.717, 1.165) is 16.7 Å². The Morgan fingerprint density at radius 1 is 1.00 bits per heavy atom. The Bertz CT molecular complexity index is 714. The molecule has 0 fully saturated rings. The van der Waals surface area contributed by atoms with Crippen LogP contribution in [0.3, 0.4) is 0 Å². The molecule has 0 saturated carbocycles. The molecule has 0 aliphatic heterocycles. The van der Waals surface area contributed by atoms with Gasteiger partial charge < -0.3 is 4.74 Å². The van der Waals surface area contributed by atoms with Crippen molar-refractivity contribution in [2.24, 2.45) is 0 Å². The zero-order valence-electron chi connectivity index (χ0n) is 11.2. The second-order valence-electron chi connectivity index (χ2n) is 4.44. The van der Waals surface area contributed by atoms with Crippen molar-refractivity contribution in [2.45, 2.75) is 0 Å². The van der Waals surface area contributed by atoms with Crippen LogP contribution in [0.5, 0.6) is 5.75 Å². The molecule has 5 heteroatoms.